The average Bonchev–Trinajstić information content (AvgIpc) is 2.64. The van der Waals surface area contributed by atoms with E-state index in [1.807, 2.05) is 4.90 Å². The Morgan fingerprint density at radius 3 is 2.71 bits per heavy atom. The number of piperidine rings is 1. The highest BCUT2D eigenvalue weighted by Crippen LogP contribution is 2.30. The molecule has 12 heteroatoms. The molecule has 156 valence electrons. The molecule has 0 saturated carbocycles. The number of hydrogen-bond acceptors (Lipinski definition) is 6. The fourth-order valence-corrected chi connectivity index (χ4v) is 3.85. The van der Waals surface area contributed by atoms with Crippen molar-refractivity contribution in [2.45, 2.75) is 29.8 Å². The molecule has 2 rings (SSSR count). The molecule has 28 heavy (non-hydrogen) atoms. The van der Waals surface area contributed by atoms with Crippen LogP contribution in [-0.4, -0.2) is 61.8 Å². The predicted molar refractivity (Wildman–Crippen MR) is 92.8 cm³/mol. The van der Waals surface area contributed by atoms with Gasteiger partial charge in [0.25, 0.3) is 15.7 Å². The lowest BCUT2D eigenvalue weighted by Crippen LogP contribution is -2.42. The average molecular weight is 422 g/mol. The number of alkyl halides is 3. The number of nitrogens with one attached hydrogen (secondary N) is 1. The van der Waals surface area contributed by atoms with Gasteiger partial charge in [0.2, 0.25) is 5.91 Å². The molecule has 0 radical (unpaired) electrons. The Hall–Kier alpha value is -2.21. The summed E-state index contributed by atoms with van der Waals surface area (Å²) in [6, 6.07) is 2.16. The lowest BCUT2D eigenvalue weighted by atomic mass is 9.97. The highest BCUT2D eigenvalue weighted by Gasteiger charge is 2.49. The van der Waals surface area contributed by atoms with E-state index in [1.165, 1.54) is 6.07 Å². The van der Waals surface area contributed by atoms with Crippen LogP contribution in [0.5, 0.6) is 0 Å². The molecule has 0 aliphatic carbocycles. The molecule has 3 N–H and O–H groups in total. The Morgan fingerprint density at radius 2 is 2.07 bits per heavy atom. The molecule has 1 aromatic rings. The SMILES string of the molecule is NC(=O)C1CCCN(CCCNC(=O)c2cccnc2S(=O)(=O)C(F)(F)F)C1. The van der Waals surface area contributed by atoms with E-state index in [4.69, 9.17) is 5.73 Å². The zero-order valence-electron chi connectivity index (χ0n) is 14.9. The maximum absolute atomic E-state index is 12.8. The summed E-state index contributed by atoms with van der Waals surface area (Å²) in [5.74, 6) is -1.52. The number of nitrogens with zero attached hydrogens (tertiary/aromatic N) is 2. The number of amides is 2. The first kappa shape index (κ1) is 22.1. The molecule has 1 atom stereocenters. The van der Waals surface area contributed by atoms with E-state index in [9.17, 15) is 31.2 Å². The van der Waals surface area contributed by atoms with Crippen LogP contribution in [0, 0.1) is 5.92 Å². The second-order valence-electron chi connectivity index (χ2n) is 6.46. The van der Waals surface area contributed by atoms with Crippen LogP contribution in [0.4, 0.5) is 13.2 Å². The number of nitrogens with two attached hydrogens (primary N) is 1. The van der Waals surface area contributed by atoms with E-state index >= 15 is 0 Å². The summed E-state index contributed by atoms with van der Waals surface area (Å²) in [5, 5.41) is 1.09. The zero-order valence-corrected chi connectivity index (χ0v) is 15.7. The molecular weight excluding hydrogens is 401 g/mol. The summed E-state index contributed by atoms with van der Waals surface area (Å²) in [7, 11) is -5.74. The molecule has 8 nitrogen and oxygen atoms in total. The van der Waals surface area contributed by atoms with Gasteiger partial charge >= 0.3 is 5.51 Å². The fraction of sp³-hybridized carbons (Fsp3) is 0.562. The molecule has 1 saturated heterocycles. The number of halogens is 3. The number of rotatable bonds is 7. The van der Waals surface area contributed by atoms with E-state index in [2.05, 4.69) is 10.3 Å². The highest BCUT2D eigenvalue weighted by molar-refractivity contribution is 7.92. The second-order valence-corrected chi connectivity index (χ2v) is 8.31. The van der Waals surface area contributed by atoms with Crippen molar-refractivity contribution < 1.29 is 31.2 Å². The van der Waals surface area contributed by atoms with Crippen molar-refractivity contribution in [3.05, 3.63) is 23.9 Å². The lowest BCUT2D eigenvalue weighted by molar-refractivity contribution is -0.123. The Balaban J connectivity index is 1.93. The van der Waals surface area contributed by atoms with Crippen molar-refractivity contribution in [3.63, 3.8) is 0 Å². The van der Waals surface area contributed by atoms with Gasteiger partial charge in [-0.05, 0) is 44.5 Å². The molecule has 1 aromatic heterocycles. The van der Waals surface area contributed by atoms with Gasteiger partial charge in [0.05, 0.1) is 11.5 Å². The smallest absolute Gasteiger partial charge is 0.369 e. The molecule has 0 spiro atoms. The van der Waals surface area contributed by atoms with Gasteiger partial charge < -0.3 is 16.0 Å². The van der Waals surface area contributed by atoms with Gasteiger partial charge in [0, 0.05) is 19.3 Å². The Bertz CT molecular complexity index is 829. The van der Waals surface area contributed by atoms with Crippen molar-refractivity contribution in [2.24, 2.45) is 11.7 Å². The number of primary amides is 1. The van der Waals surface area contributed by atoms with Crippen molar-refractivity contribution in [3.8, 4) is 0 Å². The van der Waals surface area contributed by atoms with E-state index < -0.39 is 31.8 Å². The summed E-state index contributed by atoms with van der Waals surface area (Å²) in [4.78, 5) is 28.7. The van der Waals surface area contributed by atoms with Gasteiger partial charge in [-0.2, -0.15) is 13.2 Å². The van der Waals surface area contributed by atoms with Crippen molar-refractivity contribution in [1.82, 2.24) is 15.2 Å². The third-order valence-electron chi connectivity index (χ3n) is 4.42. The molecule has 2 heterocycles. The van der Waals surface area contributed by atoms with Gasteiger partial charge in [-0.25, -0.2) is 13.4 Å². The van der Waals surface area contributed by atoms with Crippen molar-refractivity contribution in [2.75, 3.05) is 26.2 Å². The molecule has 1 unspecified atom stereocenters. The Morgan fingerprint density at radius 1 is 1.36 bits per heavy atom. The maximum atomic E-state index is 12.8. The van der Waals surface area contributed by atoms with E-state index in [0.29, 0.717) is 19.5 Å². The summed E-state index contributed by atoms with van der Waals surface area (Å²) in [6.45, 7) is 2.00. The third kappa shape index (κ3) is 5.19. The van der Waals surface area contributed by atoms with Gasteiger partial charge in [-0.15, -0.1) is 0 Å². The summed E-state index contributed by atoms with van der Waals surface area (Å²) < 4.78 is 61.5. The molecule has 0 bridgehead atoms. The predicted octanol–water partition coefficient (Wildman–Crippen LogP) is 0.692. The van der Waals surface area contributed by atoms with Gasteiger partial charge in [-0.3, -0.25) is 9.59 Å². The summed E-state index contributed by atoms with van der Waals surface area (Å²) >= 11 is 0. The Labute approximate surface area is 160 Å². The van der Waals surface area contributed by atoms with Gasteiger partial charge in [0.1, 0.15) is 0 Å². The molecule has 1 aliphatic heterocycles. The zero-order chi connectivity index (χ0) is 20.9. The minimum absolute atomic E-state index is 0.122. The number of aromatic nitrogens is 1. The van der Waals surface area contributed by atoms with Crippen LogP contribution in [0.2, 0.25) is 0 Å². The highest BCUT2D eigenvalue weighted by atomic mass is 32.2. The standard InChI is InChI=1S/C16H21F3N4O4S/c17-16(18,19)28(26,27)15-12(5-1-6-22-15)14(25)21-7-3-9-23-8-2-4-11(10-23)13(20)24/h1,5-6,11H,2-4,7-10H2,(H2,20,24)(H,21,25). The van der Waals surface area contributed by atoms with Crippen LogP contribution in [0.25, 0.3) is 0 Å². The minimum atomic E-state index is -5.74. The first-order valence-corrected chi connectivity index (χ1v) is 10.1. The normalized spacial score (nSPS) is 18.6. The van der Waals surface area contributed by atoms with Gasteiger partial charge in [-0.1, -0.05) is 0 Å². The quantitative estimate of drug-likeness (QED) is 0.624. The number of pyridine rings is 1. The van der Waals surface area contributed by atoms with Crippen molar-refractivity contribution >= 4 is 21.7 Å². The first-order chi connectivity index (χ1) is 13.0. The lowest BCUT2D eigenvalue weighted by Gasteiger charge is -2.31. The number of hydrogen-bond donors (Lipinski definition) is 2. The molecular formula is C16H21F3N4O4S. The van der Waals surface area contributed by atoms with Crippen molar-refractivity contribution in [1.29, 1.82) is 0 Å². The number of carbonyl (C=O) groups excluding carboxylic acids is 2. The minimum Gasteiger partial charge on any atom is -0.369 e. The topological polar surface area (TPSA) is 122 Å². The third-order valence-corrected chi connectivity index (χ3v) is 5.86. The summed E-state index contributed by atoms with van der Waals surface area (Å²) in [6.07, 6.45) is 2.91. The molecule has 1 fully saturated rings. The first-order valence-electron chi connectivity index (χ1n) is 8.60. The largest absolute Gasteiger partial charge is 0.503 e. The van der Waals surface area contributed by atoms with Gasteiger partial charge in [0.15, 0.2) is 5.03 Å². The molecule has 0 aromatic carbocycles. The molecule has 2 amide bonds. The number of likely N-dealkylation sites (tertiary alicyclic amines) is 1. The summed E-state index contributed by atoms with van der Waals surface area (Å²) in [5.41, 5.74) is -0.904. The van der Waals surface area contributed by atoms with E-state index in [-0.39, 0.29) is 18.4 Å². The van der Waals surface area contributed by atoms with E-state index in [1.54, 1.807) is 0 Å². The monoisotopic (exact) mass is 422 g/mol. The van der Waals surface area contributed by atoms with Crippen LogP contribution >= 0.6 is 0 Å². The molecule has 1 aliphatic rings. The number of sulfone groups is 1. The van der Waals surface area contributed by atoms with Crippen LogP contribution < -0.4 is 11.1 Å². The number of carbonyl (C=O) groups is 2. The van der Waals surface area contributed by atoms with Crippen LogP contribution in [0.15, 0.2) is 23.4 Å². The van der Waals surface area contributed by atoms with Crippen LogP contribution in [-0.2, 0) is 14.6 Å². The van der Waals surface area contributed by atoms with Crippen LogP contribution in [0.1, 0.15) is 29.6 Å². The second kappa shape index (κ2) is 8.86. The fourth-order valence-electron chi connectivity index (χ4n) is 2.98. The maximum Gasteiger partial charge on any atom is 0.503 e. The van der Waals surface area contributed by atoms with E-state index in [0.717, 1.165) is 31.6 Å². The Kier molecular flexibility index (Phi) is 6.99. The van der Waals surface area contributed by atoms with Crippen LogP contribution in [0.3, 0.4) is 0 Å².